The molecule has 14 heavy (non-hydrogen) atoms. The summed E-state index contributed by atoms with van der Waals surface area (Å²) < 4.78 is 0. The zero-order chi connectivity index (χ0) is 11.0. The van der Waals surface area contributed by atoms with Crippen molar-refractivity contribution in [1.82, 2.24) is 5.32 Å². The lowest BCUT2D eigenvalue weighted by atomic mass is 10.1. The minimum atomic E-state index is -0.653. The number of carbonyl (C=O) groups excluding carboxylic acids is 2. The number of rotatable bonds is 7. The fourth-order valence-corrected chi connectivity index (χ4v) is 0.954. The molecule has 0 aliphatic rings. The molecular weight excluding hydrogens is 184 g/mol. The highest BCUT2D eigenvalue weighted by molar-refractivity contribution is 5.84. The lowest BCUT2D eigenvalue weighted by molar-refractivity contribution is -0.125. The molecule has 6 nitrogen and oxygen atoms in total. The molecule has 0 saturated carbocycles. The van der Waals surface area contributed by atoms with Crippen molar-refractivity contribution in [3.63, 3.8) is 0 Å². The van der Waals surface area contributed by atoms with Crippen LogP contribution in [0.3, 0.4) is 0 Å². The van der Waals surface area contributed by atoms with Gasteiger partial charge in [-0.25, -0.2) is 0 Å². The number of hydrogen-bond donors (Lipinski definition) is 4. The van der Waals surface area contributed by atoms with Gasteiger partial charge in [0, 0.05) is 0 Å². The van der Waals surface area contributed by atoms with Crippen molar-refractivity contribution < 1.29 is 9.59 Å². The van der Waals surface area contributed by atoms with E-state index in [1.807, 2.05) is 0 Å². The summed E-state index contributed by atoms with van der Waals surface area (Å²) >= 11 is 0. The molecule has 7 N–H and O–H groups in total. The Kier molecular flexibility index (Phi) is 6.91. The third-order valence-corrected chi connectivity index (χ3v) is 1.78. The van der Waals surface area contributed by atoms with Crippen molar-refractivity contribution in [3.05, 3.63) is 0 Å². The number of nitrogens with one attached hydrogen (secondary N) is 1. The summed E-state index contributed by atoms with van der Waals surface area (Å²) in [6.07, 6.45) is 1.48. The lowest BCUT2D eigenvalue weighted by Gasteiger charge is -2.15. The molecule has 0 aromatic carbocycles. The minimum Gasteiger partial charge on any atom is -0.345 e. The fraction of sp³-hybridized carbons (Fsp3) is 0.750. The maximum absolute atomic E-state index is 11.3. The van der Waals surface area contributed by atoms with E-state index >= 15 is 0 Å². The van der Waals surface area contributed by atoms with Crippen LogP contribution in [-0.4, -0.2) is 37.4 Å². The van der Waals surface area contributed by atoms with Gasteiger partial charge in [0.1, 0.15) is 6.29 Å². The maximum atomic E-state index is 11.3. The second kappa shape index (κ2) is 7.43. The topological polar surface area (TPSA) is 124 Å². The van der Waals surface area contributed by atoms with Crippen molar-refractivity contribution in [1.29, 1.82) is 0 Å². The SMILES string of the molecule is NCC[C@@H](C=O)NC(=O)[C@@H](N)CCN. The zero-order valence-electron chi connectivity index (χ0n) is 8.11. The first-order chi connectivity index (χ1) is 6.65. The van der Waals surface area contributed by atoms with E-state index in [1.54, 1.807) is 0 Å². The second-order valence-corrected chi connectivity index (χ2v) is 3.01. The first-order valence-corrected chi connectivity index (χ1v) is 4.57. The summed E-state index contributed by atoms with van der Waals surface area (Å²) in [6.45, 7) is 0.688. The van der Waals surface area contributed by atoms with Gasteiger partial charge in [-0.05, 0) is 25.9 Å². The first kappa shape index (κ1) is 13.0. The molecule has 0 bridgehead atoms. The fourth-order valence-electron chi connectivity index (χ4n) is 0.954. The molecule has 2 atom stereocenters. The highest BCUT2D eigenvalue weighted by Gasteiger charge is 2.16. The third-order valence-electron chi connectivity index (χ3n) is 1.78. The van der Waals surface area contributed by atoms with Crippen LogP contribution in [0.1, 0.15) is 12.8 Å². The van der Waals surface area contributed by atoms with Crippen LogP contribution in [-0.2, 0) is 9.59 Å². The van der Waals surface area contributed by atoms with Gasteiger partial charge in [0.15, 0.2) is 0 Å². The van der Waals surface area contributed by atoms with Gasteiger partial charge in [0.05, 0.1) is 12.1 Å². The van der Waals surface area contributed by atoms with Gasteiger partial charge < -0.3 is 27.3 Å². The Labute approximate surface area is 83.2 Å². The molecule has 0 unspecified atom stereocenters. The van der Waals surface area contributed by atoms with Crippen LogP contribution in [0.25, 0.3) is 0 Å². The van der Waals surface area contributed by atoms with Crippen LogP contribution >= 0.6 is 0 Å². The molecule has 0 aliphatic carbocycles. The van der Waals surface area contributed by atoms with Crippen molar-refractivity contribution in [2.24, 2.45) is 17.2 Å². The Morgan fingerprint density at radius 3 is 2.29 bits per heavy atom. The molecule has 0 spiro atoms. The number of amides is 1. The monoisotopic (exact) mass is 202 g/mol. The van der Waals surface area contributed by atoms with Crippen LogP contribution in [0, 0.1) is 0 Å². The Morgan fingerprint density at radius 1 is 1.29 bits per heavy atom. The third kappa shape index (κ3) is 4.90. The molecule has 0 aromatic rings. The standard InChI is InChI=1S/C8H18N4O2/c9-3-1-6(5-13)12-8(14)7(11)2-4-10/h5-7H,1-4,9-11H2,(H,12,14)/t6-,7-/m0/s1. The zero-order valence-corrected chi connectivity index (χ0v) is 8.11. The molecule has 0 aliphatic heterocycles. The van der Waals surface area contributed by atoms with E-state index in [1.165, 1.54) is 0 Å². The highest BCUT2D eigenvalue weighted by Crippen LogP contribution is 1.90. The molecule has 0 rings (SSSR count). The van der Waals surface area contributed by atoms with Gasteiger partial charge in [-0.3, -0.25) is 4.79 Å². The number of aldehydes is 1. The van der Waals surface area contributed by atoms with Crippen LogP contribution < -0.4 is 22.5 Å². The van der Waals surface area contributed by atoms with Crippen LogP contribution in [0.4, 0.5) is 0 Å². The second-order valence-electron chi connectivity index (χ2n) is 3.01. The number of carbonyl (C=O) groups is 2. The van der Waals surface area contributed by atoms with E-state index in [0.29, 0.717) is 32.2 Å². The Bertz CT molecular complexity index is 186. The number of hydrogen-bond acceptors (Lipinski definition) is 5. The normalized spacial score (nSPS) is 14.5. The lowest BCUT2D eigenvalue weighted by Crippen LogP contribution is -2.47. The van der Waals surface area contributed by atoms with Crippen molar-refractivity contribution in [3.8, 4) is 0 Å². The molecular formula is C8H18N4O2. The van der Waals surface area contributed by atoms with E-state index in [-0.39, 0.29) is 5.91 Å². The van der Waals surface area contributed by atoms with Crippen molar-refractivity contribution >= 4 is 12.2 Å². The van der Waals surface area contributed by atoms with Gasteiger partial charge in [0.25, 0.3) is 0 Å². The van der Waals surface area contributed by atoms with E-state index < -0.39 is 12.1 Å². The number of nitrogens with two attached hydrogens (primary N) is 3. The van der Waals surface area contributed by atoms with E-state index in [0.717, 1.165) is 0 Å². The van der Waals surface area contributed by atoms with Gasteiger partial charge in [-0.2, -0.15) is 0 Å². The summed E-state index contributed by atoms with van der Waals surface area (Å²) in [5.74, 6) is -0.360. The molecule has 0 radical (unpaired) electrons. The smallest absolute Gasteiger partial charge is 0.237 e. The van der Waals surface area contributed by atoms with Gasteiger partial charge in [-0.1, -0.05) is 0 Å². The van der Waals surface area contributed by atoms with Gasteiger partial charge in [0.2, 0.25) is 5.91 Å². The largest absolute Gasteiger partial charge is 0.345 e. The quantitative estimate of drug-likeness (QED) is 0.345. The van der Waals surface area contributed by atoms with Crippen LogP contribution in [0.15, 0.2) is 0 Å². The highest BCUT2D eigenvalue weighted by atomic mass is 16.2. The molecule has 0 saturated heterocycles. The molecule has 0 heterocycles. The summed E-state index contributed by atoms with van der Waals surface area (Å²) in [5, 5.41) is 2.48. The first-order valence-electron chi connectivity index (χ1n) is 4.57. The van der Waals surface area contributed by atoms with Crippen LogP contribution in [0.2, 0.25) is 0 Å². The Balaban J connectivity index is 3.94. The molecule has 1 amide bonds. The van der Waals surface area contributed by atoms with E-state index in [2.05, 4.69) is 5.32 Å². The summed E-state index contributed by atoms with van der Waals surface area (Å²) in [5.41, 5.74) is 16.0. The van der Waals surface area contributed by atoms with Gasteiger partial charge in [-0.15, -0.1) is 0 Å². The summed E-state index contributed by atoms with van der Waals surface area (Å²) in [4.78, 5) is 21.8. The molecule has 0 fully saturated rings. The maximum Gasteiger partial charge on any atom is 0.237 e. The summed E-state index contributed by atoms with van der Waals surface area (Å²) in [6, 6.07) is -1.20. The Morgan fingerprint density at radius 2 is 1.86 bits per heavy atom. The average molecular weight is 202 g/mol. The predicted octanol–water partition coefficient (Wildman–Crippen LogP) is -2.30. The Hall–Kier alpha value is -0.980. The summed E-state index contributed by atoms with van der Waals surface area (Å²) in [7, 11) is 0. The average Bonchev–Trinajstić information content (AvgIpc) is 2.17. The predicted molar refractivity (Wildman–Crippen MR) is 53.3 cm³/mol. The molecule has 82 valence electrons. The molecule has 0 aromatic heterocycles. The van der Waals surface area contributed by atoms with E-state index in [9.17, 15) is 9.59 Å². The molecule has 6 heteroatoms. The van der Waals surface area contributed by atoms with Crippen molar-refractivity contribution in [2.45, 2.75) is 24.9 Å². The minimum absolute atomic E-state index is 0.343. The van der Waals surface area contributed by atoms with Crippen molar-refractivity contribution in [2.75, 3.05) is 13.1 Å². The van der Waals surface area contributed by atoms with E-state index in [4.69, 9.17) is 17.2 Å². The van der Waals surface area contributed by atoms with Gasteiger partial charge >= 0.3 is 0 Å². The van der Waals surface area contributed by atoms with Crippen LogP contribution in [0.5, 0.6) is 0 Å².